The number of carbonyl (C=O) groups is 1. The Morgan fingerprint density at radius 1 is 1.16 bits per heavy atom. The van der Waals surface area contributed by atoms with Crippen LogP contribution in [-0.4, -0.2) is 38.0 Å². The van der Waals surface area contributed by atoms with Crippen molar-refractivity contribution in [3.05, 3.63) is 35.6 Å². The van der Waals surface area contributed by atoms with Crippen LogP contribution in [0, 0.1) is 11.2 Å². The molecule has 0 atom stereocenters. The number of benzene rings is 1. The predicted octanol–water partition coefficient (Wildman–Crippen LogP) is 2.69. The third-order valence-corrected chi connectivity index (χ3v) is 4.90. The molecule has 1 fully saturated rings. The van der Waals surface area contributed by atoms with Gasteiger partial charge in [-0.1, -0.05) is 25.5 Å². The Labute approximate surface area is 149 Å². The molecule has 1 aliphatic carbocycles. The molecule has 0 unspecified atom stereocenters. The normalized spacial score (nSPS) is 16.0. The number of guanidine groups is 1. The number of rotatable bonds is 8. The lowest BCUT2D eigenvalue weighted by Crippen LogP contribution is -2.42. The van der Waals surface area contributed by atoms with Crippen molar-refractivity contribution in [1.29, 1.82) is 0 Å². The first-order chi connectivity index (χ1) is 12.1. The van der Waals surface area contributed by atoms with Crippen LogP contribution in [0.5, 0.6) is 0 Å². The van der Waals surface area contributed by atoms with Crippen LogP contribution in [0.3, 0.4) is 0 Å². The summed E-state index contributed by atoms with van der Waals surface area (Å²) in [6.45, 7) is 6.80. The molecule has 0 aliphatic heterocycles. The van der Waals surface area contributed by atoms with Crippen molar-refractivity contribution >= 4 is 11.9 Å². The summed E-state index contributed by atoms with van der Waals surface area (Å²) in [5.41, 5.74) is 0.444. The van der Waals surface area contributed by atoms with Crippen molar-refractivity contribution in [2.45, 2.75) is 39.5 Å². The molecular formula is C19H29FN4O. The van der Waals surface area contributed by atoms with Gasteiger partial charge in [-0.2, -0.15) is 0 Å². The van der Waals surface area contributed by atoms with Crippen LogP contribution in [0.25, 0.3) is 0 Å². The van der Waals surface area contributed by atoms with Gasteiger partial charge in [-0.05, 0) is 43.7 Å². The summed E-state index contributed by atoms with van der Waals surface area (Å²) >= 11 is 0. The molecule has 0 aromatic heterocycles. The van der Waals surface area contributed by atoms with E-state index in [1.807, 2.05) is 6.92 Å². The molecule has 1 aromatic rings. The lowest BCUT2D eigenvalue weighted by atomic mass is 9.67. The van der Waals surface area contributed by atoms with Gasteiger partial charge in [-0.15, -0.1) is 0 Å². The van der Waals surface area contributed by atoms with Gasteiger partial charge in [0, 0.05) is 26.2 Å². The third kappa shape index (κ3) is 5.44. The van der Waals surface area contributed by atoms with E-state index in [-0.39, 0.29) is 5.56 Å². The molecule has 0 radical (unpaired) electrons. The Morgan fingerprint density at radius 3 is 2.48 bits per heavy atom. The lowest BCUT2D eigenvalue weighted by Gasteiger charge is -2.40. The van der Waals surface area contributed by atoms with Gasteiger partial charge in [-0.25, -0.2) is 4.39 Å². The summed E-state index contributed by atoms with van der Waals surface area (Å²) in [6.07, 6.45) is 4.97. The summed E-state index contributed by atoms with van der Waals surface area (Å²) in [4.78, 5) is 16.6. The Bertz CT molecular complexity index is 593. The van der Waals surface area contributed by atoms with Crippen molar-refractivity contribution in [2.24, 2.45) is 10.4 Å². The smallest absolute Gasteiger partial charge is 0.254 e. The number of amides is 1. The molecule has 0 bridgehead atoms. The van der Waals surface area contributed by atoms with E-state index in [1.165, 1.54) is 31.4 Å². The van der Waals surface area contributed by atoms with E-state index in [2.05, 4.69) is 27.9 Å². The Morgan fingerprint density at radius 2 is 1.88 bits per heavy atom. The molecule has 2 rings (SSSR count). The number of nitrogens with one attached hydrogen (secondary N) is 3. The quantitative estimate of drug-likeness (QED) is 0.384. The van der Waals surface area contributed by atoms with Crippen LogP contribution in [0.2, 0.25) is 0 Å². The van der Waals surface area contributed by atoms with Gasteiger partial charge in [0.15, 0.2) is 5.96 Å². The Kier molecular flexibility index (Phi) is 7.22. The molecular weight excluding hydrogens is 319 g/mol. The second kappa shape index (κ2) is 9.39. The standard InChI is InChI=1S/C19H29FN4O/c1-3-19(10-7-11-19)14-24-18(21-4-2)23-13-12-22-17(25)15-8-5-6-9-16(15)20/h5-6,8-9H,3-4,7,10-14H2,1-2H3,(H,22,25)(H2,21,23,24). The molecule has 1 saturated carbocycles. The fourth-order valence-electron chi connectivity index (χ4n) is 2.99. The number of carbonyl (C=O) groups excluding carboxylic acids is 1. The first-order valence-corrected chi connectivity index (χ1v) is 9.15. The average Bonchev–Trinajstić information content (AvgIpc) is 2.58. The molecule has 6 heteroatoms. The van der Waals surface area contributed by atoms with Crippen LogP contribution < -0.4 is 16.0 Å². The first kappa shape index (κ1) is 19.2. The highest BCUT2D eigenvalue weighted by molar-refractivity contribution is 5.94. The molecule has 1 aliphatic rings. The topological polar surface area (TPSA) is 65.5 Å². The lowest BCUT2D eigenvalue weighted by molar-refractivity contribution is 0.0950. The van der Waals surface area contributed by atoms with E-state index < -0.39 is 11.7 Å². The zero-order chi connectivity index (χ0) is 18.1. The number of nitrogens with zero attached hydrogens (tertiary/aromatic N) is 1. The van der Waals surface area contributed by atoms with Crippen molar-refractivity contribution in [2.75, 3.05) is 26.2 Å². The molecule has 1 aromatic carbocycles. The average molecular weight is 348 g/mol. The highest BCUT2D eigenvalue weighted by Crippen LogP contribution is 2.43. The van der Waals surface area contributed by atoms with Gasteiger partial charge < -0.3 is 16.0 Å². The maximum Gasteiger partial charge on any atom is 0.254 e. The molecule has 1 amide bonds. The highest BCUT2D eigenvalue weighted by atomic mass is 19.1. The predicted molar refractivity (Wildman–Crippen MR) is 99.3 cm³/mol. The maximum atomic E-state index is 13.6. The van der Waals surface area contributed by atoms with Crippen molar-refractivity contribution in [3.8, 4) is 0 Å². The summed E-state index contributed by atoms with van der Waals surface area (Å²) in [6, 6.07) is 5.98. The van der Waals surface area contributed by atoms with E-state index in [1.54, 1.807) is 12.1 Å². The van der Waals surface area contributed by atoms with Gasteiger partial charge in [-0.3, -0.25) is 9.79 Å². The van der Waals surface area contributed by atoms with Gasteiger partial charge >= 0.3 is 0 Å². The summed E-state index contributed by atoms with van der Waals surface area (Å²) in [5.74, 6) is -0.142. The van der Waals surface area contributed by atoms with Crippen molar-refractivity contribution < 1.29 is 9.18 Å². The van der Waals surface area contributed by atoms with Crippen LogP contribution in [0.1, 0.15) is 49.9 Å². The summed E-state index contributed by atoms with van der Waals surface area (Å²) < 4.78 is 13.6. The van der Waals surface area contributed by atoms with Gasteiger partial charge in [0.2, 0.25) is 0 Å². The van der Waals surface area contributed by atoms with Gasteiger partial charge in [0.05, 0.1) is 5.56 Å². The summed E-state index contributed by atoms with van der Waals surface area (Å²) in [5, 5.41) is 9.16. The molecule has 3 N–H and O–H groups in total. The van der Waals surface area contributed by atoms with Crippen molar-refractivity contribution in [3.63, 3.8) is 0 Å². The molecule has 0 saturated heterocycles. The van der Waals surface area contributed by atoms with E-state index in [4.69, 9.17) is 0 Å². The minimum absolute atomic E-state index is 0.0675. The van der Waals surface area contributed by atoms with Crippen LogP contribution in [0.15, 0.2) is 29.3 Å². The summed E-state index contributed by atoms with van der Waals surface area (Å²) in [7, 11) is 0. The largest absolute Gasteiger partial charge is 0.357 e. The Balaban J connectivity index is 1.77. The number of hydrogen-bond acceptors (Lipinski definition) is 2. The third-order valence-electron chi connectivity index (χ3n) is 4.90. The highest BCUT2D eigenvalue weighted by Gasteiger charge is 2.34. The second-order valence-corrected chi connectivity index (χ2v) is 6.56. The van der Waals surface area contributed by atoms with E-state index in [0.29, 0.717) is 18.5 Å². The number of aliphatic imine (C=N–C) groups is 1. The molecule has 0 spiro atoms. The molecule has 0 heterocycles. The minimum atomic E-state index is -0.506. The van der Waals surface area contributed by atoms with Gasteiger partial charge in [0.25, 0.3) is 5.91 Å². The zero-order valence-electron chi connectivity index (χ0n) is 15.2. The SMILES string of the molecule is CCNC(=NCC1(CC)CCC1)NCCNC(=O)c1ccccc1F. The minimum Gasteiger partial charge on any atom is -0.357 e. The Hall–Kier alpha value is -2.11. The number of hydrogen-bond donors (Lipinski definition) is 3. The van der Waals surface area contributed by atoms with Crippen LogP contribution in [-0.2, 0) is 0 Å². The van der Waals surface area contributed by atoms with Crippen LogP contribution in [0.4, 0.5) is 4.39 Å². The monoisotopic (exact) mass is 348 g/mol. The van der Waals surface area contributed by atoms with E-state index >= 15 is 0 Å². The second-order valence-electron chi connectivity index (χ2n) is 6.56. The van der Waals surface area contributed by atoms with E-state index in [0.717, 1.165) is 25.5 Å². The number of halogens is 1. The molecule has 25 heavy (non-hydrogen) atoms. The maximum absolute atomic E-state index is 13.6. The molecule has 138 valence electrons. The fourth-order valence-corrected chi connectivity index (χ4v) is 2.99. The van der Waals surface area contributed by atoms with Crippen molar-refractivity contribution in [1.82, 2.24) is 16.0 Å². The van der Waals surface area contributed by atoms with E-state index in [9.17, 15) is 9.18 Å². The zero-order valence-corrected chi connectivity index (χ0v) is 15.2. The first-order valence-electron chi connectivity index (χ1n) is 9.15. The van der Waals surface area contributed by atoms with Crippen LogP contribution >= 0.6 is 0 Å². The van der Waals surface area contributed by atoms with Gasteiger partial charge in [0.1, 0.15) is 5.82 Å². The fraction of sp³-hybridized carbons (Fsp3) is 0.579. The molecule has 5 nitrogen and oxygen atoms in total.